The zero-order chi connectivity index (χ0) is 17.3. The molecule has 1 amide bonds. The number of hydrogen-bond acceptors (Lipinski definition) is 6. The molecule has 1 unspecified atom stereocenters. The molecule has 0 aliphatic rings. The third kappa shape index (κ3) is 3.20. The van der Waals surface area contributed by atoms with E-state index in [4.69, 9.17) is 0 Å². The Morgan fingerprint density at radius 1 is 1.42 bits per heavy atom. The second kappa shape index (κ2) is 6.97. The highest BCUT2D eigenvalue weighted by Crippen LogP contribution is 2.26. The first-order valence-electron chi connectivity index (χ1n) is 7.21. The predicted molar refractivity (Wildman–Crippen MR) is 104 cm³/mol. The summed E-state index contributed by atoms with van der Waals surface area (Å²) < 4.78 is 3.57. The summed E-state index contributed by atoms with van der Waals surface area (Å²) in [6, 6.07) is 1.62. The minimum absolute atomic E-state index is 0.102. The van der Waals surface area contributed by atoms with Crippen LogP contribution in [0.4, 0.5) is 11.6 Å². The average molecular weight is 457 g/mol. The van der Waals surface area contributed by atoms with Crippen molar-refractivity contribution in [2.45, 2.75) is 19.9 Å². The number of hydrogen-bond donors (Lipinski definition) is 2. The summed E-state index contributed by atoms with van der Waals surface area (Å²) in [7, 11) is 3.15. The smallest absolute Gasteiger partial charge is 0.244 e. The minimum atomic E-state index is -0.386. The van der Waals surface area contributed by atoms with E-state index in [-0.39, 0.29) is 11.9 Å². The lowest BCUT2D eigenvalue weighted by molar-refractivity contribution is -0.123. The van der Waals surface area contributed by atoms with Gasteiger partial charge in [-0.25, -0.2) is 4.98 Å². The van der Waals surface area contributed by atoms with Crippen molar-refractivity contribution in [2.75, 3.05) is 12.4 Å². The van der Waals surface area contributed by atoms with Crippen molar-refractivity contribution in [3.8, 4) is 0 Å². The number of aromatic nitrogens is 5. The molecule has 8 nitrogen and oxygen atoms in total. The highest BCUT2D eigenvalue weighted by molar-refractivity contribution is 14.2. The third-order valence-electron chi connectivity index (χ3n) is 3.66. The van der Waals surface area contributed by atoms with Crippen LogP contribution in [0.1, 0.15) is 18.7 Å². The zero-order valence-electron chi connectivity index (χ0n) is 13.3. The topological polar surface area (TPSA) is 89.7 Å². The van der Waals surface area contributed by atoms with Crippen LogP contribution in [0.25, 0.3) is 11.0 Å². The molecule has 3 aromatic heterocycles. The van der Waals surface area contributed by atoms with E-state index in [0.29, 0.717) is 5.95 Å². The van der Waals surface area contributed by atoms with Gasteiger partial charge < -0.3 is 10.6 Å². The molecule has 0 aliphatic carbocycles. The van der Waals surface area contributed by atoms with Gasteiger partial charge in [0.2, 0.25) is 11.9 Å². The standard InChI is InChI=1S/C14H16IN7OS/c1-8-11-4-5-22(24-15)12(11)20-14(18-8)19-10-6-17-21(7-10)9(2)13(23)16-3/h4-7,9H,1-3H3,(H,16,23)(H,18,19,20). The Morgan fingerprint density at radius 3 is 2.92 bits per heavy atom. The maximum absolute atomic E-state index is 11.7. The highest BCUT2D eigenvalue weighted by Gasteiger charge is 2.15. The molecule has 3 aromatic rings. The number of fused-ring (bicyclic) bond motifs is 1. The average Bonchev–Trinajstić information content (AvgIpc) is 3.20. The van der Waals surface area contributed by atoms with Gasteiger partial charge in [-0.2, -0.15) is 10.1 Å². The predicted octanol–water partition coefficient (Wildman–Crippen LogP) is 2.83. The quantitative estimate of drug-likeness (QED) is 0.573. The highest BCUT2D eigenvalue weighted by atomic mass is 127. The van der Waals surface area contributed by atoms with E-state index in [1.54, 1.807) is 40.2 Å². The number of likely N-dealkylation sites (N-methyl/N-ethyl adjacent to an activating group) is 1. The van der Waals surface area contributed by atoms with Gasteiger partial charge in [0, 0.05) is 55.2 Å². The molecule has 2 N–H and O–H groups in total. The Labute approximate surface area is 155 Å². The molecule has 0 saturated heterocycles. The van der Waals surface area contributed by atoms with Crippen molar-refractivity contribution in [1.29, 1.82) is 0 Å². The van der Waals surface area contributed by atoms with Gasteiger partial charge in [-0.05, 0) is 19.9 Å². The van der Waals surface area contributed by atoms with E-state index in [2.05, 4.69) is 46.9 Å². The molecular weight excluding hydrogens is 441 g/mol. The largest absolute Gasteiger partial charge is 0.357 e. The molecule has 3 rings (SSSR count). The van der Waals surface area contributed by atoms with E-state index in [1.807, 2.05) is 23.2 Å². The van der Waals surface area contributed by atoms with Crippen LogP contribution in [0.5, 0.6) is 0 Å². The number of rotatable bonds is 5. The minimum Gasteiger partial charge on any atom is -0.357 e. The number of carbonyl (C=O) groups excluding carboxylic acids is 1. The van der Waals surface area contributed by atoms with Crippen LogP contribution in [0.15, 0.2) is 24.7 Å². The second-order valence-electron chi connectivity index (χ2n) is 5.20. The summed E-state index contributed by atoms with van der Waals surface area (Å²) in [4.78, 5) is 20.7. The molecule has 10 heteroatoms. The van der Waals surface area contributed by atoms with Gasteiger partial charge in [0.05, 0.1) is 17.6 Å². The Morgan fingerprint density at radius 2 is 2.21 bits per heavy atom. The fourth-order valence-electron chi connectivity index (χ4n) is 2.33. The van der Waals surface area contributed by atoms with Crippen LogP contribution in [-0.2, 0) is 4.79 Å². The van der Waals surface area contributed by atoms with Gasteiger partial charge in [0.1, 0.15) is 6.04 Å². The Kier molecular flexibility index (Phi) is 4.94. The van der Waals surface area contributed by atoms with Gasteiger partial charge in [0.15, 0.2) is 5.65 Å². The van der Waals surface area contributed by atoms with Gasteiger partial charge in [-0.1, -0.05) is 0 Å². The van der Waals surface area contributed by atoms with Gasteiger partial charge in [-0.3, -0.25) is 13.4 Å². The van der Waals surface area contributed by atoms with E-state index in [0.717, 1.165) is 22.4 Å². The molecular formula is C14H16IN7OS. The normalized spacial score (nSPS) is 12.3. The van der Waals surface area contributed by atoms with E-state index >= 15 is 0 Å². The van der Waals surface area contributed by atoms with Crippen molar-refractivity contribution in [3.63, 3.8) is 0 Å². The van der Waals surface area contributed by atoms with Crippen LogP contribution in [-0.4, -0.2) is 36.7 Å². The molecule has 0 saturated carbocycles. The molecule has 0 aromatic carbocycles. The lowest BCUT2D eigenvalue weighted by Gasteiger charge is -2.09. The number of amides is 1. The van der Waals surface area contributed by atoms with Crippen molar-refractivity contribution in [3.05, 3.63) is 30.4 Å². The van der Waals surface area contributed by atoms with E-state index < -0.39 is 0 Å². The SMILES string of the molecule is CNC(=O)C(C)n1cc(Nc2nc(C)c3ccn(SI)c3n2)cn1. The van der Waals surface area contributed by atoms with Crippen LogP contribution >= 0.6 is 30.3 Å². The number of aryl methyl sites for hydroxylation is 1. The maximum atomic E-state index is 11.7. The van der Waals surface area contributed by atoms with Crippen molar-refractivity contribution < 1.29 is 4.79 Å². The molecule has 0 aliphatic heterocycles. The first kappa shape index (κ1) is 17.0. The number of carbonyl (C=O) groups is 1. The van der Waals surface area contributed by atoms with Crippen molar-refractivity contribution in [1.82, 2.24) is 29.0 Å². The first-order chi connectivity index (χ1) is 11.5. The molecule has 3 heterocycles. The van der Waals surface area contributed by atoms with E-state index in [9.17, 15) is 4.79 Å². The van der Waals surface area contributed by atoms with Crippen LogP contribution in [0.2, 0.25) is 0 Å². The fraction of sp³-hybridized carbons (Fsp3) is 0.286. The van der Waals surface area contributed by atoms with Gasteiger partial charge in [-0.15, -0.1) is 0 Å². The number of nitrogens with zero attached hydrogens (tertiary/aromatic N) is 5. The van der Waals surface area contributed by atoms with Crippen LogP contribution < -0.4 is 10.6 Å². The summed E-state index contributed by atoms with van der Waals surface area (Å²) in [6.45, 7) is 3.74. The van der Waals surface area contributed by atoms with Crippen LogP contribution in [0.3, 0.4) is 0 Å². The summed E-state index contributed by atoms with van der Waals surface area (Å²) in [6.07, 6.45) is 5.37. The lowest BCUT2D eigenvalue weighted by Crippen LogP contribution is -2.27. The Hall–Kier alpha value is -1.82. The molecule has 0 fully saturated rings. The Balaban J connectivity index is 1.87. The molecule has 0 bridgehead atoms. The summed E-state index contributed by atoms with van der Waals surface area (Å²) in [5, 5.41) is 11.0. The summed E-state index contributed by atoms with van der Waals surface area (Å²) >= 11 is 2.21. The monoisotopic (exact) mass is 457 g/mol. The Bertz CT molecular complexity index is 891. The van der Waals surface area contributed by atoms with Crippen molar-refractivity contribution >= 4 is 58.9 Å². The zero-order valence-corrected chi connectivity index (χ0v) is 16.3. The fourth-order valence-corrected chi connectivity index (χ4v) is 3.59. The van der Waals surface area contributed by atoms with Gasteiger partial charge in [0.25, 0.3) is 0 Å². The van der Waals surface area contributed by atoms with Crippen molar-refractivity contribution in [2.24, 2.45) is 0 Å². The maximum Gasteiger partial charge on any atom is 0.244 e. The summed E-state index contributed by atoms with van der Waals surface area (Å²) in [5.41, 5.74) is 2.48. The van der Waals surface area contributed by atoms with Crippen LogP contribution in [0, 0.1) is 6.92 Å². The molecule has 126 valence electrons. The summed E-state index contributed by atoms with van der Waals surface area (Å²) in [5.74, 6) is 0.396. The number of halogens is 1. The molecule has 24 heavy (non-hydrogen) atoms. The van der Waals surface area contributed by atoms with Gasteiger partial charge >= 0.3 is 0 Å². The number of anilines is 2. The molecule has 0 radical (unpaired) electrons. The molecule has 0 spiro atoms. The molecule has 1 atom stereocenters. The third-order valence-corrected chi connectivity index (χ3v) is 5.37. The lowest BCUT2D eigenvalue weighted by atomic mass is 10.3. The first-order valence-corrected chi connectivity index (χ1v) is 10.5. The number of nitrogens with one attached hydrogen (secondary N) is 2. The second-order valence-corrected chi connectivity index (χ2v) is 6.92. The van der Waals surface area contributed by atoms with E-state index in [1.165, 1.54) is 0 Å².